The summed E-state index contributed by atoms with van der Waals surface area (Å²) in [5, 5.41) is 7.55. The molecule has 1 aromatic heterocycles. The third kappa shape index (κ3) is 5.03. The fourth-order valence-electron chi connectivity index (χ4n) is 3.36. The van der Waals surface area contributed by atoms with E-state index in [0.29, 0.717) is 27.9 Å². The first-order valence-electron chi connectivity index (χ1n) is 9.70. The van der Waals surface area contributed by atoms with Gasteiger partial charge >= 0.3 is 0 Å². The maximum absolute atomic E-state index is 12.6. The molecule has 6 heteroatoms. The molecule has 148 valence electrons. The second-order valence-electron chi connectivity index (χ2n) is 7.02. The summed E-state index contributed by atoms with van der Waals surface area (Å²) in [5.74, 6) is 0.408. The van der Waals surface area contributed by atoms with Gasteiger partial charge in [0.05, 0.1) is 11.0 Å². The van der Waals surface area contributed by atoms with E-state index in [-0.39, 0.29) is 11.8 Å². The zero-order chi connectivity index (χ0) is 20.1. The molecule has 2 N–H and O–H groups in total. The van der Waals surface area contributed by atoms with Crippen molar-refractivity contribution in [1.29, 1.82) is 0 Å². The molecule has 5 nitrogen and oxygen atoms in total. The molecule has 0 saturated heterocycles. The van der Waals surface area contributed by atoms with Crippen LogP contribution in [0.1, 0.15) is 45.7 Å². The Kier molecular flexibility index (Phi) is 5.91. The van der Waals surface area contributed by atoms with Crippen LogP contribution in [0.5, 0.6) is 5.75 Å². The minimum atomic E-state index is -0.235. The third-order valence-electron chi connectivity index (χ3n) is 4.84. The molecule has 0 unspecified atom stereocenters. The second-order valence-corrected chi connectivity index (χ2v) is 7.96. The molecule has 29 heavy (non-hydrogen) atoms. The number of rotatable bonds is 6. The van der Waals surface area contributed by atoms with Crippen LogP contribution in [0.3, 0.4) is 0 Å². The smallest absolute Gasteiger partial charge is 0.265 e. The number of thiophene rings is 1. The van der Waals surface area contributed by atoms with Crippen LogP contribution in [0.2, 0.25) is 0 Å². The van der Waals surface area contributed by atoms with Crippen molar-refractivity contribution in [2.45, 2.75) is 31.8 Å². The molecular weight excluding hydrogens is 384 g/mol. The molecule has 1 heterocycles. The molecule has 4 rings (SSSR count). The van der Waals surface area contributed by atoms with E-state index >= 15 is 0 Å². The Morgan fingerprint density at radius 3 is 2.34 bits per heavy atom. The first-order valence-corrected chi connectivity index (χ1v) is 10.6. The molecule has 1 aliphatic rings. The maximum Gasteiger partial charge on any atom is 0.265 e. The van der Waals surface area contributed by atoms with Crippen LogP contribution in [0.25, 0.3) is 0 Å². The lowest BCUT2D eigenvalue weighted by Crippen LogP contribution is -2.14. The van der Waals surface area contributed by atoms with Crippen LogP contribution in [0.15, 0.2) is 66.0 Å². The van der Waals surface area contributed by atoms with Crippen molar-refractivity contribution in [3.63, 3.8) is 0 Å². The predicted octanol–water partition coefficient (Wildman–Crippen LogP) is 5.57. The number of hydrogen-bond acceptors (Lipinski definition) is 4. The van der Waals surface area contributed by atoms with E-state index in [1.54, 1.807) is 30.3 Å². The molecule has 0 bridgehead atoms. The van der Waals surface area contributed by atoms with Gasteiger partial charge in [0.2, 0.25) is 0 Å². The van der Waals surface area contributed by atoms with Crippen molar-refractivity contribution in [2.24, 2.45) is 0 Å². The Morgan fingerprint density at radius 1 is 0.862 bits per heavy atom. The van der Waals surface area contributed by atoms with E-state index in [9.17, 15) is 9.59 Å². The van der Waals surface area contributed by atoms with Crippen LogP contribution in [0, 0.1) is 0 Å². The second kappa shape index (κ2) is 8.92. The van der Waals surface area contributed by atoms with Crippen LogP contribution in [-0.2, 0) is 0 Å². The number of benzene rings is 2. The predicted molar refractivity (Wildman–Crippen MR) is 116 cm³/mol. The van der Waals surface area contributed by atoms with Gasteiger partial charge in [-0.05, 0) is 79.6 Å². The van der Waals surface area contributed by atoms with Gasteiger partial charge in [-0.1, -0.05) is 12.1 Å². The van der Waals surface area contributed by atoms with Crippen molar-refractivity contribution < 1.29 is 14.3 Å². The standard InChI is InChI=1S/C23H22N2O3S/c26-22(24-17-10-12-20(13-11-17)28-19-7-1-2-8-19)16-5-3-6-18(15-16)25-23(27)21-9-4-14-29-21/h3-6,9-15,19H,1-2,7-8H2,(H,24,26)(H,25,27). The number of ether oxygens (including phenoxy) is 1. The van der Waals surface area contributed by atoms with Crippen molar-refractivity contribution in [2.75, 3.05) is 10.6 Å². The lowest BCUT2D eigenvalue weighted by Gasteiger charge is -2.13. The Labute approximate surface area is 173 Å². The van der Waals surface area contributed by atoms with Crippen LogP contribution < -0.4 is 15.4 Å². The summed E-state index contributed by atoms with van der Waals surface area (Å²) in [5.41, 5.74) is 1.75. The van der Waals surface area contributed by atoms with Crippen molar-refractivity contribution in [3.05, 3.63) is 76.5 Å². The van der Waals surface area contributed by atoms with Crippen molar-refractivity contribution >= 4 is 34.5 Å². The fraction of sp³-hybridized carbons (Fsp3) is 0.217. The van der Waals surface area contributed by atoms with Gasteiger partial charge in [0.25, 0.3) is 11.8 Å². The third-order valence-corrected chi connectivity index (χ3v) is 5.71. The zero-order valence-electron chi connectivity index (χ0n) is 15.9. The van der Waals surface area contributed by atoms with Gasteiger partial charge in [0.15, 0.2) is 0 Å². The molecule has 2 aromatic carbocycles. The van der Waals surface area contributed by atoms with Gasteiger partial charge in [0, 0.05) is 16.9 Å². The van der Waals surface area contributed by atoms with E-state index in [0.717, 1.165) is 18.6 Å². The van der Waals surface area contributed by atoms with Crippen LogP contribution >= 0.6 is 11.3 Å². The van der Waals surface area contributed by atoms with Crippen molar-refractivity contribution in [1.82, 2.24) is 0 Å². The largest absolute Gasteiger partial charge is 0.490 e. The molecule has 0 aliphatic heterocycles. The summed E-state index contributed by atoms with van der Waals surface area (Å²) in [7, 11) is 0. The van der Waals surface area contributed by atoms with E-state index in [1.165, 1.54) is 24.2 Å². The van der Waals surface area contributed by atoms with Crippen LogP contribution in [-0.4, -0.2) is 17.9 Å². The molecule has 3 aromatic rings. The Morgan fingerprint density at radius 2 is 1.62 bits per heavy atom. The minimum Gasteiger partial charge on any atom is -0.490 e. The molecule has 0 atom stereocenters. The van der Waals surface area contributed by atoms with Gasteiger partial charge in [-0.3, -0.25) is 9.59 Å². The van der Waals surface area contributed by atoms with Crippen LogP contribution in [0.4, 0.5) is 11.4 Å². The SMILES string of the molecule is O=C(Nc1ccc(OC2CCCC2)cc1)c1cccc(NC(=O)c2cccs2)c1. The first kappa shape index (κ1) is 19.2. The Balaban J connectivity index is 1.37. The highest BCUT2D eigenvalue weighted by atomic mass is 32.1. The molecule has 1 saturated carbocycles. The zero-order valence-corrected chi connectivity index (χ0v) is 16.7. The van der Waals surface area contributed by atoms with E-state index < -0.39 is 0 Å². The maximum atomic E-state index is 12.6. The normalized spacial score (nSPS) is 13.8. The fourth-order valence-corrected chi connectivity index (χ4v) is 3.98. The number of hydrogen-bond donors (Lipinski definition) is 2. The highest BCUT2D eigenvalue weighted by Crippen LogP contribution is 2.25. The lowest BCUT2D eigenvalue weighted by atomic mass is 10.1. The van der Waals surface area contributed by atoms with Gasteiger partial charge in [-0.25, -0.2) is 0 Å². The Bertz CT molecular complexity index is 978. The quantitative estimate of drug-likeness (QED) is 0.562. The average molecular weight is 407 g/mol. The Hall–Kier alpha value is -3.12. The monoisotopic (exact) mass is 406 g/mol. The minimum absolute atomic E-state index is 0.185. The number of carbonyl (C=O) groups excluding carboxylic acids is 2. The summed E-state index contributed by atoms with van der Waals surface area (Å²) in [6.45, 7) is 0. The summed E-state index contributed by atoms with van der Waals surface area (Å²) in [6.07, 6.45) is 4.98. The topological polar surface area (TPSA) is 67.4 Å². The van der Waals surface area contributed by atoms with Gasteiger partial charge in [0.1, 0.15) is 5.75 Å². The molecule has 0 spiro atoms. The molecule has 1 fully saturated rings. The lowest BCUT2D eigenvalue weighted by molar-refractivity contribution is 0.101. The molecule has 1 aliphatic carbocycles. The average Bonchev–Trinajstić information content (AvgIpc) is 3.44. The number of amides is 2. The first-order chi connectivity index (χ1) is 14.2. The molecule has 2 amide bonds. The van der Waals surface area contributed by atoms with E-state index in [1.807, 2.05) is 35.7 Å². The summed E-state index contributed by atoms with van der Waals surface area (Å²) >= 11 is 1.37. The van der Waals surface area contributed by atoms with E-state index in [2.05, 4.69) is 10.6 Å². The summed E-state index contributed by atoms with van der Waals surface area (Å²) in [6, 6.07) is 17.9. The molecular formula is C23H22N2O3S. The summed E-state index contributed by atoms with van der Waals surface area (Å²) in [4.78, 5) is 25.4. The number of nitrogens with one attached hydrogen (secondary N) is 2. The molecule has 0 radical (unpaired) electrons. The van der Waals surface area contributed by atoms with Gasteiger partial charge in [-0.15, -0.1) is 11.3 Å². The highest BCUT2D eigenvalue weighted by molar-refractivity contribution is 7.12. The number of carbonyl (C=O) groups is 2. The summed E-state index contributed by atoms with van der Waals surface area (Å²) < 4.78 is 5.95. The van der Waals surface area contributed by atoms with E-state index in [4.69, 9.17) is 4.74 Å². The van der Waals surface area contributed by atoms with Crippen molar-refractivity contribution in [3.8, 4) is 5.75 Å². The van der Waals surface area contributed by atoms with Gasteiger partial charge < -0.3 is 15.4 Å². The highest BCUT2D eigenvalue weighted by Gasteiger charge is 2.16. The number of anilines is 2. The van der Waals surface area contributed by atoms with Gasteiger partial charge in [-0.2, -0.15) is 0 Å².